The van der Waals surface area contributed by atoms with Crippen molar-refractivity contribution in [3.8, 4) is 11.5 Å². The van der Waals surface area contributed by atoms with Crippen molar-refractivity contribution in [2.75, 3.05) is 54.1 Å². The Morgan fingerprint density at radius 2 is 1.31 bits per heavy atom. The molecule has 39 heavy (non-hydrogen) atoms. The van der Waals surface area contributed by atoms with Gasteiger partial charge >= 0.3 is 0 Å². The van der Waals surface area contributed by atoms with E-state index < -0.39 is 20.5 Å². The summed E-state index contributed by atoms with van der Waals surface area (Å²) in [6.45, 7) is 2.87. The van der Waals surface area contributed by atoms with E-state index >= 15 is 0 Å². The van der Waals surface area contributed by atoms with Crippen molar-refractivity contribution in [3.05, 3.63) is 36.4 Å². The van der Waals surface area contributed by atoms with Crippen LogP contribution in [0.3, 0.4) is 0 Å². The second kappa shape index (κ2) is 17.9. The molecule has 8 nitrogen and oxygen atoms in total. The van der Waals surface area contributed by atoms with Gasteiger partial charge in [-0.25, -0.2) is 0 Å². The number of aliphatic hydroxyl groups excluding tert-OH is 1. The average molecular weight is 568 g/mol. The Morgan fingerprint density at radius 3 is 1.87 bits per heavy atom. The lowest BCUT2D eigenvalue weighted by atomic mass is 10.1. The van der Waals surface area contributed by atoms with Crippen molar-refractivity contribution in [1.29, 1.82) is 0 Å². The highest BCUT2D eigenvalue weighted by molar-refractivity contribution is 7.45. The fourth-order valence-corrected chi connectivity index (χ4v) is 4.88. The molecule has 0 aromatic heterocycles. The molecule has 2 atom stereocenters. The van der Waals surface area contributed by atoms with Gasteiger partial charge in [0.15, 0.2) is 0 Å². The number of hydrogen-bond donors (Lipinski definition) is 1. The van der Waals surface area contributed by atoms with Crippen LogP contribution >= 0.6 is 7.82 Å². The van der Waals surface area contributed by atoms with Crippen LogP contribution in [0.4, 0.5) is 0 Å². The quantitative estimate of drug-likeness (QED) is 0.105. The Hall–Kier alpha value is -1.67. The second-order valence-corrected chi connectivity index (χ2v) is 12.6. The van der Waals surface area contributed by atoms with Crippen LogP contribution in [0.25, 0.3) is 10.8 Å². The number of nitrogens with zero attached hydrogens (tertiary/aromatic N) is 1. The van der Waals surface area contributed by atoms with Gasteiger partial charge in [0.2, 0.25) is 0 Å². The third-order valence-electron chi connectivity index (χ3n) is 6.47. The van der Waals surface area contributed by atoms with Crippen molar-refractivity contribution in [2.24, 2.45) is 0 Å². The van der Waals surface area contributed by atoms with Crippen LogP contribution in [0.1, 0.15) is 71.1 Å². The molecule has 0 aliphatic carbocycles. The molecule has 0 bridgehead atoms. The Kier molecular flexibility index (Phi) is 15.4. The molecule has 9 heteroatoms. The largest absolute Gasteiger partial charge is 0.756 e. The van der Waals surface area contributed by atoms with Gasteiger partial charge in [-0.2, -0.15) is 0 Å². The fraction of sp³-hybridized carbons (Fsp3) is 0.667. The first kappa shape index (κ1) is 33.5. The zero-order valence-corrected chi connectivity index (χ0v) is 25.3. The second-order valence-electron chi connectivity index (χ2n) is 11.2. The highest BCUT2D eigenvalue weighted by atomic mass is 31.2. The van der Waals surface area contributed by atoms with Gasteiger partial charge < -0.3 is 33.0 Å². The Labute approximate surface area is 235 Å². The molecule has 0 fully saturated rings. The number of unbranched alkanes of at least 4 members (excludes halogenated alkanes) is 9. The third kappa shape index (κ3) is 14.5. The van der Waals surface area contributed by atoms with Crippen molar-refractivity contribution in [1.82, 2.24) is 0 Å². The SMILES string of the molecule is CCCCCCCCCCCCOc1ccc(OCC(O)COP(=O)([O-])OCC[N+](C)(C)C)c2ccccc12. The van der Waals surface area contributed by atoms with Gasteiger partial charge in [0.05, 0.1) is 34.4 Å². The summed E-state index contributed by atoms with van der Waals surface area (Å²) in [5, 5.41) is 12.0. The maximum Gasteiger partial charge on any atom is 0.268 e. The highest BCUT2D eigenvalue weighted by Crippen LogP contribution is 2.38. The third-order valence-corrected chi connectivity index (χ3v) is 7.43. The van der Waals surface area contributed by atoms with Crippen molar-refractivity contribution >= 4 is 18.6 Å². The predicted octanol–water partition coefficient (Wildman–Crippen LogP) is 6.09. The molecule has 1 N–H and O–H groups in total. The van der Waals surface area contributed by atoms with E-state index in [2.05, 4.69) is 6.92 Å². The Morgan fingerprint density at radius 1 is 0.769 bits per heavy atom. The predicted molar refractivity (Wildman–Crippen MR) is 155 cm³/mol. The van der Waals surface area contributed by atoms with Crippen LogP contribution in [0.5, 0.6) is 11.5 Å². The van der Waals surface area contributed by atoms with Crippen LogP contribution in [-0.4, -0.2) is 69.8 Å². The van der Waals surface area contributed by atoms with Gasteiger partial charge in [0.1, 0.15) is 37.4 Å². The molecule has 0 saturated heterocycles. The van der Waals surface area contributed by atoms with E-state index in [1.54, 1.807) is 0 Å². The molecular weight excluding hydrogens is 517 g/mol. The van der Waals surface area contributed by atoms with E-state index in [9.17, 15) is 14.6 Å². The number of benzene rings is 2. The molecule has 2 unspecified atom stereocenters. The summed E-state index contributed by atoms with van der Waals surface area (Å²) in [6.07, 6.45) is 11.7. The number of phosphoric acid groups is 1. The lowest BCUT2D eigenvalue weighted by Gasteiger charge is -2.27. The number of hydrogen-bond acceptors (Lipinski definition) is 7. The number of phosphoric ester groups is 1. The van der Waals surface area contributed by atoms with E-state index in [-0.39, 0.29) is 13.2 Å². The maximum atomic E-state index is 11.9. The molecule has 0 amide bonds. The van der Waals surface area contributed by atoms with Crippen LogP contribution in [0.15, 0.2) is 36.4 Å². The van der Waals surface area contributed by atoms with Gasteiger partial charge in [0.25, 0.3) is 7.82 Å². The van der Waals surface area contributed by atoms with Crippen molar-refractivity contribution in [3.63, 3.8) is 0 Å². The van der Waals surface area contributed by atoms with E-state index in [0.717, 1.165) is 22.9 Å². The van der Waals surface area contributed by atoms with Crippen molar-refractivity contribution < 1.29 is 37.6 Å². The summed E-state index contributed by atoms with van der Waals surface area (Å²) in [5.74, 6) is 1.39. The summed E-state index contributed by atoms with van der Waals surface area (Å²) >= 11 is 0. The summed E-state index contributed by atoms with van der Waals surface area (Å²) < 4.78 is 34.1. The summed E-state index contributed by atoms with van der Waals surface area (Å²) in [4.78, 5) is 11.9. The first-order valence-electron chi connectivity index (χ1n) is 14.5. The molecule has 2 rings (SSSR count). The molecule has 2 aromatic carbocycles. The monoisotopic (exact) mass is 567 g/mol. The number of likely N-dealkylation sites (N-methyl/N-ethyl adjacent to an activating group) is 1. The standard InChI is InChI=1S/C30H50NO7P/c1-5-6-7-8-9-10-11-12-13-16-22-35-29-19-20-30(28-18-15-14-17-27(28)29)36-24-26(32)25-38-39(33,34)37-23-21-31(2,3)4/h14-15,17-20,26,32H,5-13,16,21-25H2,1-4H3. The molecule has 0 heterocycles. The number of quaternary nitrogens is 1. The van der Waals surface area contributed by atoms with Gasteiger partial charge in [-0.15, -0.1) is 0 Å². The smallest absolute Gasteiger partial charge is 0.268 e. The molecule has 0 radical (unpaired) electrons. The van der Waals surface area contributed by atoms with E-state index in [1.807, 2.05) is 57.5 Å². The topological polar surface area (TPSA) is 97.3 Å². The van der Waals surface area contributed by atoms with Gasteiger partial charge in [-0.05, 0) is 18.6 Å². The van der Waals surface area contributed by atoms with Crippen LogP contribution in [0.2, 0.25) is 0 Å². The Balaban J connectivity index is 1.74. The molecule has 0 aliphatic heterocycles. The molecule has 0 spiro atoms. The normalized spacial score (nSPS) is 14.3. The average Bonchev–Trinajstić information content (AvgIpc) is 2.89. The summed E-state index contributed by atoms with van der Waals surface area (Å²) in [7, 11) is 1.30. The lowest BCUT2D eigenvalue weighted by molar-refractivity contribution is -0.870. The van der Waals surface area contributed by atoms with E-state index in [0.29, 0.717) is 23.4 Å². The summed E-state index contributed by atoms with van der Waals surface area (Å²) in [6, 6.07) is 11.5. The minimum Gasteiger partial charge on any atom is -0.756 e. The fourth-order valence-electron chi connectivity index (χ4n) is 4.14. The zero-order chi connectivity index (χ0) is 28.6. The first-order chi connectivity index (χ1) is 18.6. The zero-order valence-electron chi connectivity index (χ0n) is 24.4. The van der Waals surface area contributed by atoms with E-state index in [4.69, 9.17) is 18.5 Å². The Bertz CT molecular complexity index is 995. The van der Waals surface area contributed by atoms with Gasteiger partial charge in [-0.3, -0.25) is 4.57 Å². The van der Waals surface area contributed by atoms with Gasteiger partial charge in [-0.1, -0.05) is 89.0 Å². The molecular formula is C30H50NO7P. The van der Waals surface area contributed by atoms with Crippen LogP contribution in [0, 0.1) is 0 Å². The number of aliphatic hydroxyl groups is 1. The first-order valence-corrected chi connectivity index (χ1v) is 15.9. The van der Waals surface area contributed by atoms with Crippen molar-refractivity contribution in [2.45, 2.75) is 77.2 Å². The van der Waals surface area contributed by atoms with Crippen LogP contribution < -0.4 is 14.4 Å². The minimum atomic E-state index is -4.49. The van der Waals surface area contributed by atoms with Crippen LogP contribution in [-0.2, 0) is 13.6 Å². The molecule has 0 aliphatic rings. The molecule has 222 valence electrons. The number of ether oxygens (including phenoxy) is 2. The summed E-state index contributed by atoms with van der Waals surface area (Å²) in [5.41, 5.74) is 0. The number of fused-ring (bicyclic) bond motifs is 1. The van der Waals surface area contributed by atoms with E-state index in [1.165, 1.54) is 57.8 Å². The molecule has 0 saturated carbocycles. The minimum absolute atomic E-state index is 0.0104. The van der Waals surface area contributed by atoms with Gasteiger partial charge in [0, 0.05) is 10.8 Å². The molecule has 2 aromatic rings. The number of rotatable bonds is 22. The maximum absolute atomic E-state index is 11.9. The lowest BCUT2D eigenvalue weighted by Crippen LogP contribution is -2.37. The highest BCUT2D eigenvalue weighted by Gasteiger charge is 2.17.